The van der Waals surface area contributed by atoms with Crippen molar-refractivity contribution in [1.82, 2.24) is 0 Å². The van der Waals surface area contributed by atoms with Crippen LogP contribution in [0.15, 0.2) is 22.7 Å². The number of aldehydes is 1. The van der Waals surface area contributed by atoms with Gasteiger partial charge in [0.05, 0.1) is 5.69 Å². The fraction of sp³-hybridized carbons (Fsp3) is 0.333. The van der Waals surface area contributed by atoms with Crippen molar-refractivity contribution < 1.29 is 9.59 Å². The number of benzene rings is 1. The molecule has 0 aliphatic carbocycles. The number of amides is 1. The molecule has 1 atom stereocenters. The first-order valence-electron chi connectivity index (χ1n) is 5.26. The van der Waals surface area contributed by atoms with Gasteiger partial charge in [0.25, 0.3) is 0 Å². The van der Waals surface area contributed by atoms with Crippen molar-refractivity contribution >= 4 is 49.7 Å². The van der Waals surface area contributed by atoms with E-state index in [2.05, 4.69) is 31.9 Å². The summed E-state index contributed by atoms with van der Waals surface area (Å²) in [6.45, 7) is 0.673. The highest BCUT2D eigenvalue weighted by Gasteiger charge is 2.30. The molecule has 1 saturated heterocycles. The Labute approximate surface area is 116 Å². The third kappa shape index (κ3) is 2.60. The van der Waals surface area contributed by atoms with Crippen LogP contribution in [0, 0.1) is 5.92 Å². The Morgan fingerprint density at radius 3 is 2.82 bits per heavy atom. The molecule has 90 valence electrons. The number of carbonyl (C=O) groups is 2. The van der Waals surface area contributed by atoms with E-state index in [1.807, 2.05) is 12.1 Å². The Hall–Kier alpha value is -0.680. The van der Waals surface area contributed by atoms with Crippen molar-refractivity contribution in [1.29, 1.82) is 0 Å². The van der Waals surface area contributed by atoms with E-state index in [1.54, 1.807) is 11.0 Å². The van der Waals surface area contributed by atoms with E-state index in [9.17, 15) is 9.59 Å². The summed E-state index contributed by atoms with van der Waals surface area (Å²) in [5.74, 6) is 0.408. The summed E-state index contributed by atoms with van der Waals surface area (Å²) >= 11 is 6.71. The predicted molar refractivity (Wildman–Crippen MR) is 73.8 cm³/mol. The highest BCUT2D eigenvalue weighted by atomic mass is 79.9. The van der Waals surface area contributed by atoms with E-state index >= 15 is 0 Å². The molecule has 3 nitrogen and oxygen atoms in total. The average Bonchev–Trinajstić information content (AvgIpc) is 2.70. The average molecular weight is 361 g/mol. The van der Waals surface area contributed by atoms with Crippen LogP contribution in [-0.2, 0) is 4.79 Å². The van der Waals surface area contributed by atoms with Crippen LogP contribution in [0.2, 0.25) is 0 Å². The van der Waals surface area contributed by atoms with Crippen LogP contribution in [0.25, 0.3) is 0 Å². The van der Waals surface area contributed by atoms with Crippen molar-refractivity contribution in [3.63, 3.8) is 0 Å². The van der Waals surface area contributed by atoms with Gasteiger partial charge < -0.3 is 4.90 Å². The molecule has 17 heavy (non-hydrogen) atoms. The summed E-state index contributed by atoms with van der Waals surface area (Å²) in [6, 6.07) is 5.39. The number of hydrogen-bond donors (Lipinski definition) is 0. The van der Waals surface area contributed by atoms with Crippen LogP contribution in [0.5, 0.6) is 0 Å². The lowest BCUT2D eigenvalue weighted by atomic mass is 10.1. The van der Waals surface area contributed by atoms with Crippen LogP contribution in [0.3, 0.4) is 0 Å². The molecule has 1 aromatic rings. The number of nitrogens with zero attached hydrogens (tertiary/aromatic N) is 1. The highest BCUT2D eigenvalue weighted by molar-refractivity contribution is 9.10. The Balaban J connectivity index is 2.34. The first-order chi connectivity index (χ1) is 8.15. The zero-order valence-corrected chi connectivity index (χ0v) is 12.2. The molecular formula is C12H11Br2NO2. The Morgan fingerprint density at radius 1 is 1.47 bits per heavy atom. The summed E-state index contributed by atoms with van der Waals surface area (Å²) in [7, 11) is 0. The van der Waals surface area contributed by atoms with Crippen LogP contribution < -0.4 is 4.90 Å². The monoisotopic (exact) mass is 359 g/mol. The van der Waals surface area contributed by atoms with Crippen molar-refractivity contribution in [2.24, 2.45) is 5.92 Å². The maximum absolute atomic E-state index is 11.9. The minimum Gasteiger partial charge on any atom is -0.311 e. The maximum atomic E-state index is 11.9. The fourth-order valence-corrected chi connectivity index (χ4v) is 2.80. The zero-order valence-electron chi connectivity index (χ0n) is 9.03. The molecule has 1 fully saturated rings. The zero-order chi connectivity index (χ0) is 12.4. The van der Waals surface area contributed by atoms with Gasteiger partial charge in [0, 0.05) is 28.3 Å². The molecule has 1 aromatic carbocycles. The Kier molecular flexibility index (Phi) is 3.99. The van der Waals surface area contributed by atoms with Crippen molar-refractivity contribution in [3.05, 3.63) is 28.2 Å². The van der Waals surface area contributed by atoms with E-state index in [-0.39, 0.29) is 5.91 Å². The van der Waals surface area contributed by atoms with E-state index in [0.717, 1.165) is 16.1 Å². The third-order valence-electron chi connectivity index (χ3n) is 2.83. The lowest BCUT2D eigenvalue weighted by Crippen LogP contribution is -2.25. The Morgan fingerprint density at radius 2 is 2.24 bits per heavy atom. The highest BCUT2D eigenvalue weighted by Crippen LogP contribution is 2.29. The summed E-state index contributed by atoms with van der Waals surface area (Å²) in [4.78, 5) is 24.6. The van der Waals surface area contributed by atoms with Gasteiger partial charge in [0.15, 0.2) is 6.29 Å². The number of alkyl halides is 1. The second kappa shape index (κ2) is 5.31. The molecule has 1 unspecified atom stereocenters. The van der Waals surface area contributed by atoms with E-state index < -0.39 is 0 Å². The quantitative estimate of drug-likeness (QED) is 0.613. The van der Waals surface area contributed by atoms with Crippen molar-refractivity contribution in [2.45, 2.75) is 6.42 Å². The summed E-state index contributed by atoms with van der Waals surface area (Å²) in [6.07, 6.45) is 1.33. The van der Waals surface area contributed by atoms with Crippen LogP contribution in [0.1, 0.15) is 16.8 Å². The maximum Gasteiger partial charge on any atom is 0.227 e. The number of hydrogen-bond acceptors (Lipinski definition) is 2. The smallest absolute Gasteiger partial charge is 0.227 e. The lowest BCUT2D eigenvalue weighted by Gasteiger charge is -2.18. The molecule has 0 saturated carbocycles. The standard InChI is InChI=1S/C12H11Br2NO2/c13-5-8-3-12(17)15(6-8)11-2-1-10(14)4-9(11)7-16/h1-2,4,7-8H,3,5-6H2. The number of rotatable bonds is 3. The predicted octanol–water partition coefficient (Wildman–Crippen LogP) is 3.01. The normalized spacial score (nSPS) is 19.8. The summed E-state index contributed by atoms with van der Waals surface area (Å²) < 4.78 is 0.840. The molecule has 1 aliphatic heterocycles. The molecule has 2 rings (SSSR count). The SMILES string of the molecule is O=Cc1cc(Br)ccc1N1CC(CBr)CC1=O. The van der Waals surface area contributed by atoms with Gasteiger partial charge in [-0.3, -0.25) is 9.59 Å². The molecule has 1 heterocycles. The molecule has 0 bridgehead atoms. The lowest BCUT2D eigenvalue weighted by molar-refractivity contribution is -0.117. The van der Waals surface area contributed by atoms with Crippen molar-refractivity contribution in [3.8, 4) is 0 Å². The summed E-state index contributed by atoms with van der Waals surface area (Å²) in [5, 5.41) is 0.808. The molecule has 5 heteroatoms. The molecule has 1 aliphatic rings. The van der Waals surface area contributed by atoms with E-state index in [4.69, 9.17) is 0 Å². The van der Waals surface area contributed by atoms with Gasteiger partial charge in [0.2, 0.25) is 5.91 Å². The number of carbonyl (C=O) groups excluding carboxylic acids is 2. The fourth-order valence-electron chi connectivity index (χ4n) is 1.98. The third-order valence-corrected chi connectivity index (χ3v) is 4.24. The van der Waals surface area contributed by atoms with Gasteiger partial charge in [-0.25, -0.2) is 0 Å². The molecule has 0 radical (unpaired) electrons. The van der Waals surface area contributed by atoms with E-state index in [0.29, 0.717) is 30.1 Å². The van der Waals surface area contributed by atoms with Gasteiger partial charge >= 0.3 is 0 Å². The number of halogens is 2. The van der Waals surface area contributed by atoms with Gasteiger partial charge in [-0.2, -0.15) is 0 Å². The second-order valence-electron chi connectivity index (χ2n) is 4.05. The van der Waals surface area contributed by atoms with Crippen molar-refractivity contribution in [2.75, 3.05) is 16.8 Å². The molecular weight excluding hydrogens is 350 g/mol. The molecule has 0 aromatic heterocycles. The molecule has 0 spiro atoms. The van der Waals surface area contributed by atoms with Gasteiger partial charge in [-0.1, -0.05) is 31.9 Å². The first kappa shape index (κ1) is 12.8. The second-order valence-corrected chi connectivity index (χ2v) is 5.61. The Bertz CT molecular complexity index is 462. The van der Waals surface area contributed by atoms with Gasteiger partial charge in [-0.05, 0) is 24.1 Å². The van der Waals surface area contributed by atoms with Gasteiger partial charge in [-0.15, -0.1) is 0 Å². The molecule has 0 N–H and O–H groups in total. The first-order valence-corrected chi connectivity index (χ1v) is 7.18. The number of anilines is 1. The minimum absolute atomic E-state index is 0.0832. The largest absolute Gasteiger partial charge is 0.311 e. The summed E-state index contributed by atoms with van der Waals surface area (Å²) in [5.41, 5.74) is 1.25. The van der Waals surface area contributed by atoms with Gasteiger partial charge in [0.1, 0.15) is 0 Å². The van der Waals surface area contributed by atoms with Crippen LogP contribution in [0.4, 0.5) is 5.69 Å². The van der Waals surface area contributed by atoms with Crippen LogP contribution >= 0.6 is 31.9 Å². The molecule has 1 amide bonds. The van der Waals surface area contributed by atoms with E-state index in [1.165, 1.54) is 0 Å². The van der Waals surface area contributed by atoms with Crippen LogP contribution in [-0.4, -0.2) is 24.1 Å². The minimum atomic E-state index is 0.0832. The topological polar surface area (TPSA) is 37.4 Å².